The first-order valence-corrected chi connectivity index (χ1v) is 12.6. The van der Waals surface area contributed by atoms with Gasteiger partial charge in [0.1, 0.15) is 0 Å². The number of alkyl halides is 3. The minimum atomic E-state index is -4.54. The molecule has 0 aliphatic carbocycles. The lowest BCUT2D eigenvalue weighted by Crippen LogP contribution is -2.26. The molecule has 190 valence electrons. The number of aliphatic carboxylic acids is 1. The highest BCUT2D eigenvalue weighted by atomic mass is 32.2. The van der Waals surface area contributed by atoms with Crippen molar-refractivity contribution in [2.24, 2.45) is 0 Å². The van der Waals surface area contributed by atoms with Gasteiger partial charge in [0.15, 0.2) is 0 Å². The number of hydrogen-bond acceptors (Lipinski definition) is 4. The summed E-state index contributed by atoms with van der Waals surface area (Å²) in [6.07, 6.45) is 2.40. The van der Waals surface area contributed by atoms with Crippen molar-refractivity contribution in [3.8, 4) is 0 Å². The van der Waals surface area contributed by atoms with Crippen LogP contribution in [0.25, 0.3) is 5.57 Å². The largest absolute Gasteiger partial charge is 0.481 e. The second kappa shape index (κ2) is 12.0. The molecule has 0 aliphatic rings. The van der Waals surface area contributed by atoms with Gasteiger partial charge in [-0.3, -0.25) is 9.78 Å². The van der Waals surface area contributed by atoms with E-state index < -0.39 is 27.7 Å². The van der Waals surface area contributed by atoms with E-state index in [0.717, 1.165) is 46.5 Å². The van der Waals surface area contributed by atoms with Crippen LogP contribution in [-0.4, -0.2) is 31.0 Å². The second-order valence-electron chi connectivity index (χ2n) is 8.01. The van der Waals surface area contributed by atoms with Crippen molar-refractivity contribution in [1.29, 1.82) is 0 Å². The summed E-state index contributed by atoms with van der Waals surface area (Å²) in [5.41, 5.74) is 2.67. The number of aromatic nitrogens is 1. The number of carbonyl (C=O) groups is 1. The third-order valence-electron chi connectivity index (χ3n) is 5.38. The molecule has 0 atom stereocenters. The van der Waals surface area contributed by atoms with Crippen molar-refractivity contribution < 1.29 is 31.5 Å². The SMILES string of the molecule is O=C(O)CCC/C=C(\c1ccc(CCNS(=O)(=O)c2ccc(C(F)(F)F)cc2)cc1)c1cccnc1. The summed E-state index contributed by atoms with van der Waals surface area (Å²) in [5.74, 6) is -0.843. The Kier molecular flexibility index (Phi) is 9.00. The van der Waals surface area contributed by atoms with E-state index in [1.807, 2.05) is 42.5 Å². The third kappa shape index (κ3) is 7.76. The first-order chi connectivity index (χ1) is 17.1. The molecule has 0 radical (unpaired) electrons. The van der Waals surface area contributed by atoms with Gasteiger partial charge in [0.05, 0.1) is 10.5 Å². The first kappa shape index (κ1) is 27.1. The summed E-state index contributed by atoms with van der Waals surface area (Å²) in [6.45, 7) is 0.0726. The van der Waals surface area contributed by atoms with Gasteiger partial charge in [0.25, 0.3) is 0 Å². The zero-order valence-corrected chi connectivity index (χ0v) is 20.0. The minimum Gasteiger partial charge on any atom is -0.481 e. The Labute approximate surface area is 207 Å². The molecule has 0 unspecified atom stereocenters. The zero-order chi connectivity index (χ0) is 26.2. The Morgan fingerprint density at radius 3 is 2.28 bits per heavy atom. The highest BCUT2D eigenvalue weighted by molar-refractivity contribution is 7.89. The number of carboxylic acid groups (broad SMARTS) is 1. The topological polar surface area (TPSA) is 96.4 Å². The van der Waals surface area contributed by atoms with Crippen LogP contribution in [0.5, 0.6) is 0 Å². The maximum Gasteiger partial charge on any atom is 0.416 e. The lowest BCUT2D eigenvalue weighted by Gasteiger charge is -2.11. The molecule has 3 aromatic rings. The van der Waals surface area contributed by atoms with Gasteiger partial charge in [-0.05, 0) is 66.3 Å². The van der Waals surface area contributed by atoms with Crippen LogP contribution in [0.1, 0.15) is 41.5 Å². The zero-order valence-electron chi connectivity index (χ0n) is 19.2. The van der Waals surface area contributed by atoms with Crippen molar-refractivity contribution in [2.75, 3.05) is 6.54 Å². The number of nitrogens with one attached hydrogen (secondary N) is 1. The van der Waals surface area contributed by atoms with Crippen LogP contribution in [0.3, 0.4) is 0 Å². The molecule has 1 heterocycles. The van der Waals surface area contributed by atoms with E-state index in [-0.39, 0.29) is 17.9 Å². The van der Waals surface area contributed by atoms with Crippen LogP contribution in [0, 0.1) is 0 Å². The fourth-order valence-electron chi connectivity index (χ4n) is 3.51. The number of allylic oxidation sites excluding steroid dienone is 1. The van der Waals surface area contributed by atoms with Crippen molar-refractivity contribution in [1.82, 2.24) is 9.71 Å². The van der Waals surface area contributed by atoms with Gasteiger partial charge in [-0.25, -0.2) is 13.1 Å². The van der Waals surface area contributed by atoms with E-state index in [0.29, 0.717) is 19.3 Å². The van der Waals surface area contributed by atoms with Gasteiger partial charge < -0.3 is 5.11 Å². The van der Waals surface area contributed by atoms with Gasteiger partial charge in [0.2, 0.25) is 10.0 Å². The van der Waals surface area contributed by atoms with Crippen LogP contribution in [0.4, 0.5) is 13.2 Å². The Balaban J connectivity index is 1.64. The molecule has 0 saturated heterocycles. The smallest absolute Gasteiger partial charge is 0.416 e. The second-order valence-corrected chi connectivity index (χ2v) is 9.78. The molecular weight excluding hydrogens is 493 g/mol. The molecule has 6 nitrogen and oxygen atoms in total. The molecule has 3 rings (SSSR count). The number of halogens is 3. The van der Waals surface area contributed by atoms with Gasteiger partial charge in [-0.15, -0.1) is 0 Å². The average Bonchev–Trinajstić information content (AvgIpc) is 2.84. The molecule has 0 spiro atoms. The number of rotatable bonds is 11. The highest BCUT2D eigenvalue weighted by Crippen LogP contribution is 2.29. The lowest BCUT2D eigenvalue weighted by molar-refractivity contribution is -0.138. The van der Waals surface area contributed by atoms with E-state index in [2.05, 4.69) is 9.71 Å². The van der Waals surface area contributed by atoms with Crippen molar-refractivity contribution in [3.63, 3.8) is 0 Å². The molecule has 36 heavy (non-hydrogen) atoms. The van der Waals surface area contributed by atoms with Crippen LogP contribution in [-0.2, 0) is 27.4 Å². The number of carboxylic acids is 1. The van der Waals surface area contributed by atoms with Crippen LogP contribution >= 0.6 is 0 Å². The van der Waals surface area contributed by atoms with Crippen molar-refractivity contribution in [2.45, 2.75) is 36.8 Å². The predicted octanol–water partition coefficient (Wildman–Crippen LogP) is 5.31. The van der Waals surface area contributed by atoms with Crippen LogP contribution < -0.4 is 4.72 Å². The van der Waals surface area contributed by atoms with Crippen molar-refractivity contribution in [3.05, 3.63) is 101 Å². The molecule has 0 saturated carbocycles. The number of sulfonamides is 1. The van der Waals surface area contributed by atoms with Crippen LogP contribution in [0.2, 0.25) is 0 Å². The molecular formula is C26H25F3N2O4S. The number of pyridine rings is 1. The molecule has 2 N–H and O–H groups in total. The molecule has 0 amide bonds. The predicted molar refractivity (Wildman–Crippen MR) is 130 cm³/mol. The molecule has 0 bridgehead atoms. The maximum atomic E-state index is 12.7. The number of unbranched alkanes of at least 4 members (excludes halogenated alkanes) is 1. The monoisotopic (exact) mass is 518 g/mol. The van der Waals surface area contributed by atoms with Crippen molar-refractivity contribution >= 4 is 21.6 Å². The summed E-state index contributed by atoms with van der Waals surface area (Å²) in [6, 6.07) is 14.6. The standard InChI is InChI=1S/C26H25F3N2O4S/c27-26(28,29)22-11-13-23(14-12-22)36(34,35)31-17-15-19-7-9-20(10-8-19)24(5-1-2-6-25(32)33)21-4-3-16-30-18-21/h3-5,7-14,16,18,31H,1-2,6,15,17H2,(H,32,33)/b24-5+. The number of nitrogens with zero attached hydrogens (tertiary/aromatic N) is 1. The normalized spacial score (nSPS) is 12.5. The Bertz CT molecular complexity index is 1290. The van der Waals surface area contributed by atoms with E-state index >= 15 is 0 Å². The number of hydrogen-bond donors (Lipinski definition) is 2. The molecule has 1 aromatic heterocycles. The van der Waals surface area contributed by atoms with Gasteiger partial charge in [0, 0.05) is 30.9 Å². The van der Waals surface area contributed by atoms with Gasteiger partial charge >= 0.3 is 12.1 Å². The maximum absolute atomic E-state index is 12.7. The molecule has 2 aromatic carbocycles. The first-order valence-electron chi connectivity index (χ1n) is 11.1. The summed E-state index contributed by atoms with van der Waals surface area (Å²) in [7, 11) is -3.94. The third-order valence-corrected chi connectivity index (χ3v) is 6.86. The summed E-state index contributed by atoms with van der Waals surface area (Å²) >= 11 is 0. The molecule has 0 aliphatic heterocycles. The summed E-state index contributed by atoms with van der Waals surface area (Å²) in [4.78, 5) is 14.7. The summed E-state index contributed by atoms with van der Waals surface area (Å²) in [5, 5.41) is 8.85. The average molecular weight is 519 g/mol. The van der Waals surface area contributed by atoms with E-state index in [4.69, 9.17) is 5.11 Å². The van der Waals surface area contributed by atoms with Crippen LogP contribution in [0.15, 0.2) is 84.0 Å². The fourth-order valence-corrected chi connectivity index (χ4v) is 4.54. The van der Waals surface area contributed by atoms with Gasteiger partial charge in [-0.2, -0.15) is 13.2 Å². The molecule has 0 fully saturated rings. The highest BCUT2D eigenvalue weighted by Gasteiger charge is 2.30. The number of benzene rings is 2. The van der Waals surface area contributed by atoms with Gasteiger partial charge in [-0.1, -0.05) is 36.4 Å². The lowest BCUT2D eigenvalue weighted by atomic mass is 9.96. The quantitative estimate of drug-likeness (QED) is 0.336. The minimum absolute atomic E-state index is 0.0726. The Morgan fingerprint density at radius 2 is 1.69 bits per heavy atom. The summed E-state index contributed by atoms with van der Waals surface area (Å²) < 4.78 is 65.3. The fraction of sp³-hybridized carbons (Fsp3) is 0.231. The Morgan fingerprint density at radius 1 is 1.00 bits per heavy atom. The Hall–Kier alpha value is -3.50. The molecule has 10 heteroatoms. The van der Waals surface area contributed by atoms with E-state index in [1.165, 1.54) is 0 Å². The van der Waals surface area contributed by atoms with E-state index in [9.17, 15) is 26.4 Å². The van der Waals surface area contributed by atoms with E-state index in [1.54, 1.807) is 12.4 Å².